The van der Waals surface area contributed by atoms with Crippen molar-refractivity contribution >= 4 is 23.3 Å². The summed E-state index contributed by atoms with van der Waals surface area (Å²) in [5.74, 6) is 1.57. The highest BCUT2D eigenvalue weighted by Gasteiger charge is 2.39. The van der Waals surface area contributed by atoms with Gasteiger partial charge in [-0.3, -0.25) is 4.79 Å². The van der Waals surface area contributed by atoms with Crippen molar-refractivity contribution in [3.05, 3.63) is 17.0 Å². The van der Waals surface area contributed by atoms with Crippen molar-refractivity contribution in [3.8, 4) is 0 Å². The Bertz CT molecular complexity index is 469. The van der Waals surface area contributed by atoms with Crippen LogP contribution in [0, 0.1) is 6.92 Å². The molecule has 1 aromatic rings. The Morgan fingerprint density at radius 1 is 1.44 bits per heavy atom. The molecule has 3 rings (SSSR count). The van der Waals surface area contributed by atoms with Crippen molar-refractivity contribution in [1.29, 1.82) is 0 Å². The zero-order valence-electron chi connectivity index (χ0n) is 10.2. The predicted molar refractivity (Wildman–Crippen MR) is 68.5 cm³/mol. The van der Waals surface area contributed by atoms with Crippen molar-refractivity contribution in [2.75, 3.05) is 11.9 Å². The molecule has 6 heteroatoms. The van der Waals surface area contributed by atoms with Crippen LogP contribution in [0.2, 0.25) is 5.15 Å². The minimum atomic E-state index is 0.128. The summed E-state index contributed by atoms with van der Waals surface area (Å²) < 4.78 is 0. The molecule has 0 spiro atoms. The molecule has 2 fully saturated rings. The van der Waals surface area contributed by atoms with Crippen LogP contribution in [0.15, 0.2) is 6.07 Å². The fraction of sp³-hybridized carbons (Fsp3) is 0.583. The van der Waals surface area contributed by atoms with Crippen LogP contribution in [0.4, 0.5) is 5.82 Å². The molecule has 1 aromatic heterocycles. The molecule has 1 aliphatic carbocycles. The van der Waals surface area contributed by atoms with Gasteiger partial charge in [-0.1, -0.05) is 11.6 Å². The lowest BCUT2D eigenvalue weighted by atomic mass is 10.2. The number of amides is 1. The third kappa shape index (κ3) is 2.41. The summed E-state index contributed by atoms with van der Waals surface area (Å²) >= 11 is 5.88. The van der Waals surface area contributed by atoms with Gasteiger partial charge in [0, 0.05) is 25.1 Å². The third-order valence-corrected chi connectivity index (χ3v) is 3.50. The number of halogens is 1. The van der Waals surface area contributed by atoms with Crippen LogP contribution >= 0.6 is 11.6 Å². The first-order valence-electron chi connectivity index (χ1n) is 6.19. The highest BCUT2D eigenvalue weighted by molar-refractivity contribution is 6.29. The molecular weight excluding hydrogens is 252 g/mol. The topological polar surface area (TPSA) is 58.1 Å². The molecule has 18 heavy (non-hydrogen) atoms. The van der Waals surface area contributed by atoms with Gasteiger partial charge in [-0.25, -0.2) is 9.97 Å². The molecule has 0 bridgehead atoms. The fourth-order valence-electron chi connectivity index (χ4n) is 2.38. The van der Waals surface area contributed by atoms with E-state index in [1.165, 1.54) is 0 Å². The molecule has 96 valence electrons. The summed E-state index contributed by atoms with van der Waals surface area (Å²) in [5.41, 5.74) is 0. The van der Waals surface area contributed by atoms with Gasteiger partial charge in [0.05, 0.1) is 6.04 Å². The second-order valence-corrected chi connectivity index (χ2v) is 5.33. The number of anilines is 1. The maximum Gasteiger partial charge on any atom is 0.225 e. The van der Waals surface area contributed by atoms with Crippen LogP contribution in [0.3, 0.4) is 0 Å². The van der Waals surface area contributed by atoms with Crippen molar-refractivity contribution in [2.24, 2.45) is 0 Å². The first-order chi connectivity index (χ1) is 8.61. The molecular formula is C12H15ClN4O. The number of nitrogens with zero attached hydrogens (tertiary/aromatic N) is 3. The van der Waals surface area contributed by atoms with Crippen molar-refractivity contribution in [2.45, 2.75) is 38.3 Å². The number of rotatable bonds is 3. The van der Waals surface area contributed by atoms with Gasteiger partial charge in [0.25, 0.3) is 0 Å². The van der Waals surface area contributed by atoms with E-state index in [1.807, 2.05) is 4.90 Å². The number of carbonyl (C=O) groups is 1. The minimum absolute atomic E-state index is 0.128. The van der Waals surface area contributed by atoms with Gasteiger partial charge in [-0.15, -0.1) is 0 Å². The molecule has 2 aliphatic rings. The lowest BCUT2D eigenvalue weighted by Crippen LogP contribution is -2.29. The van der Waals surface area contributed by atoms with Crippen LogP contribution in [0.1, 0.15) is 25.1 Å². The van der Waals surface area contributed by atoms with E-state index in [9.17, 15) is 4.79 Å². The second kappa shape index (κ2) is 4.39. The van der Waals surface area contributed by atoms with E-state index in [0.717, 1.165) is 19.4 Å². The Balaban J connectivity index is 1.68. The van der Waals surface area contributed by atoms with Gasteiger partial charge in [-0.05, 0) is 19.8 Å². The van der Waals surface area contributed by atoms with Gasteiger partial charge >= 0.3 is 0 Å². The van der Waals surface area contributed by atoms with Gasteiger partial charge in [-0.2, -0.15) is 0 Å². The summed E-state index contributed by atoms with van der Waals surface area (Å²) in [7, 11) is 0. The van der Waals surface area contributed by atoms with Crippen molar-refractivity contribution in [1.82, 2.24) is 14.9 Å². The average Bonchev–Trinajstić information content (AvgIpc) is 3.02. The van der Waals surface area contributed by atoms with Gasteiger partial charge in [0.2, 0.25) is 5.91 Å². The Morgan fingerprint density at radius 3 is 2.89 bits per heavy atom. The van der Waals surface area contributed by atoms with E-state index < -0.39 is 0 Å². The number of hydrogen-bond donors (Lipinski definition) is 1. The smallest absolute Gasteiger partial charge is 0.225 e. The number of carbonyl (C=O) groups excluding carboxylic acids is 1. The molecule has 0 aromatic carbocycles. The molecule has 1 aliphatic heterocycles. The molecule has 1 N–H and O–H groups in total. The Hall–Kier alpha value is -1.36. The van der Waals surface area contributed by atoms with Crippen molar-refractivity contribution in [3.63, 3.8) is 0 Å². The van der Waals surface area contributed by atoms with Crippen LogP contribution in [0.5, 0.6) is 0 Å². The molecule has 2 heterocycles. The number of likely N-dealkylation sites (tertiary alicyclic amines) is 1. The van der Waals surface area contributed by atoms with E-state index in [-0.39, 0.29) is 11.9 Å². The molecule has 1 saturated carbocycles. The largest absolute Gasteiger partial charge is 0.365 e. The van der Waals surface area contributed by atoms with Crippen LogP contribution < -0.4 is 5.32 Å². The van der Waals surface area contributed by atoms with Gasteiger partial charge < -0.3 is 10.2 Å². The summed E-state index contributed by atoms with van der Waals surface area (Å²) in [5, 5.41) is 3.69. The van der Waals surface area contributed by atoms with Crippen LogP contribution in [0.25, 0.3) is 0 Å². The first kappa shape index (κ1) is 11.7. The predicted octanol–water partition coefficient (Wildman–Crippen LogP) is 1.61. The maximum absolute atomic E-state index is 11.8. The minimum Gasteiger partial charge on any atom is -0.365 e. The van der Waals surface area contributed by atoms with E-state index in [0.29, 0.717) is 29.3 Å². The average molecular weight is 267 g/mol. The normalized spacial score (nSPS) is 23.6. The second-order valence-electron chi connectivity index (χ2n) is 4.95. The zero-order chi connectivity index (χ0) is 12.7. The quantitative estimate of drug-likeness (QED) is 0.845. The summed E-state index contributed by atoms with van der Waals surface area (Å²) in [6, 6.07) is 2.31. The van der Waals surface area contributed by atoms with E-state index in [4.69, 9.17) is 11.6 Å². The number of hydrogen-bond acceptors (Lipinski definition) is 4. The van der Waals surface area contributed by atoms with Crippen molar-refractivity contribution < 1.29 is 4.79 Å². The Kier molecular flexibility index (Phi) is 2.86. The highest BCUT2D eigenvalue weighted by atomic mass is 35.5. The van der Waals surface area contributed by atoms with E-state index in [1.54, 1.807) is 13.0 Å². The van der Waals surface area contributed by atoms with Gasteiger partial charge in [0.1, 0.15) is 16.8 Å². The highest BCUT2D eigenvalue weighted by Crippen LogP contribution is 2.31. The monoisotopic (exact) mass is 266 g/mol. The first-order valence-corrected chi connectivity index (χ1v) is 6.57. The van der Waals surface area contributed by atoms with E-state index in [2.05, 4.69) is 15.3 Å². The fourth-order valence-corrected chi connectivity index (χ4v) is 2.61. The zero-order valence-corrected chi connectivity index (χ0v) is 10.9. The number of aryl methyl sites for hydroxylation is 1. The lowest BCUT2D eigenvalue weighted by Gasteiger charge is -2.16. The molecule has 1 amide bonds. The molecule has 1 atom stereocenters. The molecule has 5 nitrogen and oxygen atoms in total. The third-order valence-electron chi connectivity index (χ3n) is 3.30. The Labute approximate surface area is 111 Å². The Morgan fingerprint density at radius 2 is 2.22 bits per heavy atom. The SMILES string of the molecule is Cc1nc(Cl)cc(NC2CC(=O)N(C3CC3)C2)n1. The molecule has 0 radical (unpaired) electrons. The standard InChI is InChI=1S/C12H15ClN4O/c1-7-14-10(13)5-11(15-7)16-8-4-12(18)17(6-8)9-2-3-9/h5,8-9H,2-4,6H2,1H3,(H,14,15,16). The summed E-state index contributed by atoms with van der Waals surface area (Å²) in [6.07, 6.45) is 2.84. The van der Waals surface area contributed by atoms with Crippen LogP contribution in [-0.4, -0.2) is 39.4 Å². The summed E-state index contributed by atoms with van der Waals surface area (Å²) in [4.78, 5) is 22.1. The van der Waals surface area contributed by atoms with E-state index >= 15 is 0 Å². The maximum atomic E-state index is 11.8. The number of nitrogens with one attached hydrogen (secondary N) is 1. The molecule has 1 unspecified atom stereocenters. The number of aromatic nitrogens is 2. The van der Waals surface area contributed by atoms with Crippen LogP contribution in [-0.2, 0) is 4.79 Å². The lowest BCUT2D eigenvalue weighted by molar-refractivity contribution is -0.128. The summed E-state index contributed by atoms with van der Waals surface area (Å²) in [6.45, 7) is 2.57. The van der Waals surface area contributed by atoms with Gasteiger partial charge in [0.15, 0.2) is 0 Å². The molecule has 1 saturated heterocycles.